The van der Waals surface area contributed by atoms with E-state index < -0.39 is 0 Å². The van der Waals surface area contributed by atoms with E-state index in [9.17, 15) is 9.59 Å². The normalized spacial score (nSPS) is 23.3. The Hall–Kier alpha value is -1.63. The Morgan fingerprint density at radius 2 is 1.81 bits per heavy atom. The molecule has 1 aromatic rings. The topological polar surface area (TPSA) is 84.7 Å². The van der Waals surface area contributed by atoms with Crippen molar-refractivity contribution in [2.24, 2.45) is 11.7 Å². The van der Waals surface area contributed by atoms with Gasteiger partial charge in [-0.05, 0) is 31.2 Å². The van der Waals surface area contributed by atoms with Crippen molar-refractivity contribution in [3.8, 4) is 0 Å². The van der Waals surface area contributed by atoms with Gasteiger partial charge in [-0.2, -0.15) is 0 Å². The van der Waals surface area contributed by atoms with Crippen molar-refractivity contribution in [2.45, 2.75) is 44.4 Å². The van der Waals surface area contributed by atoms with Crippen molar-refractivity contribution < 1.29 is 14.3 Å². The summed E-state index contributed by atoms with van der Waals surface area (Å²) in [5.74, 6) is 0.115. The van der Waals surface area contributed by atoms with Crippen LogP contribution in [0, 0.1) is 5.92 Å². The molecule has 2 aliphatic rings. The molecule has 2 atom stereocenters. The smallest absolute Gasteiger partial charge is 0.251 e. The third-order valence-electron chi connectivity index (χ3n) is 5.13. The van der Waals surface area contributed by atoms with Gasteiger partial charge in [0.05, 0.1) is 6.10 Å². The Bertz CT molecular complexity index is 591. The summed E-state index contributed by atoms with van der Waals surface area (Å²) in [5, 5.41) is 3.00. The fourth-order valence-corrected chi connectivity index (χ4v) is 3.56. The first-order chi connectivity index (χ1) is 12.2. The molecule has 2 aliphatic heterocycles. The number of nitrogens with zero attached hydrogens (tertiary/aromatic N) is 1. The highest BCUT2D eigenvalue weighted by molar-refractivity contribution is 5.85. The number of nitrogens with two attached hydrogens (primary N) is 1. The van der Waals surface area contributed by atoms with E-state index in [2.05, 4.69) is 5.32 Å². The second-order valence-electron chi connectivity index (χ2n) is 6.86. The number of hydrogen-bond donors (Lipinski definition) is 2. The van der Waals surface area contributed by atoms with Gasteiger partial charge in [-0.1, -0.05) is 30.3 Å². The number of carbonyl (C=O) groups excluding carboxylic acids is 2. The van der Waals surface area contributed by atoms with Crippen molar-refractivity contribution in [2.75, 3.05) is 19.6 Å². The zero-order chi connectivity index (χ0) is 17.6. The molecule has 2 fully saturated rings. The van der Waals surface area contributed by atoms with Gasteiger partial charge < -0.3 is 20.7 Å². The van der Waals surface area contributed by atoms with Crippen molar-refractivity contribution in [3.63, 3.8) is 0 Å². The Kier molecular flexibility index (Phi) is 7.87. The predicted octanol–water partition coefficient (Wildman–Crippen LogP) is 1.47. The van der Waals surface area contributed by atoms with Crippen molar-refractivity contribution in [1.29, 1.82) is 0 Å². The lowest BCUT2D eigenvalue weighted by Crippen LogP contribution is -2.46. The quantitative estimate of drug-likeness (QED) is 0.808. The van der Waals surface area contributed by atoms with Gasteiger partial charge >= 0.3 is 0 Å². The van der Waals surface area contributed by atoms with Crippen molar-refractivity contribution >= 4 is 24.2 Å². The molecule has 2 heterocycles. The highest BCUT2D eigenvalue weighted by Gasteiger charge is 2.35. The first-order valence-electron chi connectivity index (χ1n) is 9.13. The van der Waals surface area contributed by atoms with Crippen LogP contribution in [0.1, 0.15) is 31.2 Å². The summed E-state index contributed by atoms with van der Waals surface area (Å²) < 4.78 is 5.69. The number of amides is 2. The van der Waals surface area contributed by atoms with Gasteiger partial charge in [0.2, 0.25) is 5.91 Å². The summed E-state index contributed by atoms with van der Waals surface area (Å²) >= 11 is 0. The molecule has 0 bridgehead atoms. The van der Waals surface area contributed by atoms with Gasteiger partial charge in [0, 0.05) is 32.1 Å². The second kappa shape index (κ2) is 9.90. The van der Waals surface area contributed by atoms with Gasteiger partial charge in [0.25, 0.3) is 5.91 Å². The maximum Gasteiger partial charge on any atom is 0.251 e. The minimum absolute atomic E-state index is 0. The largest absolute Gasteiger partial charge is 0.364 e. The summed E-state index contributed by atoms with van der Waals surface area (Å²) in [5.41, 5.74) is 6.70. The maximum atomic E-state index is 12.5. The SMILES string of the molecule is Cl.NC[C@H]1CC[C@@H](C(=O)N2CCC(C(=O)NCc3ccccc3)CC2)O1. The minimum Gasteiger partial charge on any atom is -0.364 e. The van der Waals surface area contributed by atoms with Gasteiger partial charge in [0.15, 0.2) is 0 Å². The van der Waals surface area contributed by atoms with Crippen LogP contribution in [0.25, 0.3) is 0 Å². The molecule has 6 nitrogen and oxygen atoms in total. The molecule has 0 radical (unpaired) electrons. The lowest BCUT2D eigenvalue weighted by Gasteiger charge is -2.32. The van der Waals surface area contributed by atoms with E-state index in [4.69, 9.17) is 10.5 Å². The van der Waals surface area contributed by atoms with Gasteiger partial charge in [-0.25, -0.2) is 0 Å². The second-order valence-corrected chi connectivity index (χ2v) is 6.86. The number of piperidine rings is 1. The van der Waals surface area contributed by atoms with Gasteiger partial charge in [-0.15, -0.1) is 12.4 Å². The van der Waals surface area contributed by atoms with Crippen LogP contribution in [0.3, 0.4) is 0 Å². The number of rotatable bonds is 5. The summed E-state index contributed by atoms with van der Waals surface area (Å²) in [6, 6.07) is 9.88. The number of carbonyl (C=O) groups is 2. The van der Waals surface area contributed by atoms with E-state index in [0.717, 1.165) is 18.4 Å². The summed E-state index contributed by atoms with van der Waals surface area (Å²) in [4.78, 5) is 26.7. The van der Waals surface area contributed by atoms with Gasteiger partial charge in [-0.3, -0.25) is 9.59 Å². The lowest BCUT2D eigenvalue weighted by molar-refractivity contribution is -0.145. The molecule has 1 aromatic carbocycles. The number of nitrogens with one attached hydrogen (secondary N) is 1. The fraction of sp³-hybridized carbons (Fsp3) is 0.579. The molecule has 3 rings (SSSR count). The molecule has 7 heteroatoms. The first-order valence-corrected chi connectivity index (χ1v) is 9.13. The number of benzene rings is 1. The molecule has 0 saturated carbocycles. The summed E-state index contributed by atoms with van der Waals surface area (Å²) in [6.45, 7) is 2.26. The van der Waals surface area contributed by atoms with Crippen LogP contribution in [0.2, 0.25) is 0 Å². The van der Waals surface area contributed by atoms with E-state index in [1.54, 1.807) is 0 Å². The molecule has 2 amide bonds. The fourth-order valence-electron chi connectivity index (χ4n) is 3.56. The van der Waals surface area contributed by atoms with Crippen LogP contribution in [0.15, 0.2) is 30.3 Å². The molecule has 26 heavy (non-hydrogen) atoms. The van der Waals surface area contributed by atoms with E-state index in [-0.39, 0.29) is 42.3 Å². The third kappa shape index (κ3) is 5.19. The average molecular weight is 382 g/mol. The standard InChI is InChI=1S/C19H27N3O3.ClH/c20-12-16-6-7-17(25-16)19(24)22-10-8-15(9-11-22)18(23)21-13-14-4-2-1-3-5-14;/h1-5,15-17H,6-13,20H2,(H,21,23);1H/t16-,17+;/m1./s1. The highest BCUT2D eigenvalue weighted by atomic mass is 35.5. The Morgan fingerprint density at radius 1 is 1.12 bits per heavy atom. The monoisotopic (exact) mass is 381 g/mol. The number of hydrogen-bond acceptors (Lipinski definition) is 4. The predicted molar refractivity (Wildman–Crippen MR) is 102 cm³/mol. The Balaban J connectivity index is 0.00000243. The maximum absolute atomic E-state index is 12.5. The van der Waals surface area contributed by atoms with Crippen LogP contribution in [0.5, 0.6) is 0 Å². The number of halogens is 1. The molecule has 144 valence electrons. The van der Waals surface area contributed by atoms with E-state index in [1.807, 2.05) is 35.2 Å². The summed E-state index contributed by atoms with van der Waals surface area (Å²) in [7, 11) is 0. The van der Waals surface area contributed by atoms with Crippen LogP contribution >= 0.6 is 12.4 Å². The van der Waals surface area contributed by atoms with Gasteiger partial charge in [0.1, 0.15) is 6.10 Å². The molecular formula is C19H28ClN3O3. The lowest BCUT2D eigenvalue weighted by atomic mass is 9.95. The van der Waals surface area contributed by atoms with E-state index >= 15 is 0 Å². The summed E-state index contributed by atoms with van der Waals surface area (Å²) in [6.07, 6.45) is 2.68. The first kappa shape index (κ1) is 20.7. The zero-order valence-electron chi connectivity index (χ0n) is 14.9. The molecule has 3 N–H and O–H groups in total. The van der Waals surface area contributed by atoms with Crippen molar-refractivity contribution in [1.82, 2.24) is 10.2 Å². The molecule has 0 aromatic heterocycles. The number of ether oxygens (including phenoxy) is 1. The zero-order valence-corrected chi connectivity index (χ0v) is 15.7. The van der Waals surface area contributed by atoms with E-state index in [1.165, 1.54) is 0 Å². The molecule has 0 unspecified atom stereocenters. The average Bonchev–Trinajstić information content (AvgIpc) is 3.16. The van der Waals surface area contributed by atoms with Crippen molar-refractivity contribution in [3.05, 3.63) is 35.9 Å². The highest BCUT2D eigenvalue weighted by Crippen LogP contribution is 2.24. The molecule has 0 aliphatic carbocycles. The number of likely N-dealkylation sites (tertiary alicyclic amines) is 1. The Morgan fingerprint density at radius 3 is 2.42 bits per heavy atom. The Labute approximate surface area is 160 Å². The minimum atomic E-state index is -0.350. The third-order valence-corrected chi connectivity index (χ3v) is 5.13. The molecule has 2 saturated heterocycles. The van der Waals surface area contributed by atoms with Crippen LogP contribution in [-0.2, 0) is 20.9 Å². The molecular weight excluding hydrogens is 354 g/mol. The van der Waals surface area contributed by atoms with Crippen LogP contribution in [0.4, 0.5) is 0 Å². The van der Waals surface area contributed by atoms with E-state index in [0.29, 0.717) is 39.0 Å². The van der Waals surface area contributed by atoms with Crippen LogP contribution in [-0.4, -0.2) is 48.6 Å². The van der Waals surface area contributed by atoms with Crippen LogP contribution < -0.4 is 11.1 Å². The molecule has 0 spiro atoms.